The summed E-state index contributed by atoms with van der Waals surface area (Å²) < 4.78 is 0. The van der Waals surface area contributed by atoms with Crippen molar-refractivity contribution in [1.29, 1.82) is 0 Å². The maximum Gasteiger partial charge on any atom is 0.244 e. The number of hydrogen-bond acceptors (Lipinski definition) is 2. The van der Waals surface area contributed by atoms with E-state index < -0.39 is 0 Å². The number of benzene rings is 2. The third-order valence-electron chi connectivity index (χ3n) is 3.57. The zero-order chi connectivity index (χ0) is 18.4. The van der Waals surface area contributed by atoms with E-state index in [1.807, 2.05) is 12.1 Å². The van der Waals surface area contributed by atoms with Gasteiger partial charge in [0, 0.05) is 23.5 Å². The number of hydrogen-bond donors (Lipinski definition) is 1. The molecule has 4 nitrogen and oxygen atoms in total. The van der Waals surface area contributed by atoms with Crippen LogP contribution in [-0.2, 0) is 16.0 Å². The maximum absolute atomic E-state index is 12.2. The van der Waals surface area contributed by atoms with Crippen LogP contribution in [0.3, 0.4) is 0 Å². The minimum absolute atomic E-state index is 0.0537. The Balaban J connectivity index is 1.94. The number of amides is 2. The summed E-state index contributed by atoms with van der Waals surface area (Å²) in [5.74, 6) is -0.498. The number of carbonyl (C=O) groups is 2. The molecular formula is C18H17Cl3N2O2. The minimum atomic E-state index is -0.324. The second-order valence-electron chi connectivity index (χ2n) is 5.49. The molecule has 2 rings (SSSR count). The molecule has 2 aromatic carbocycles. The van der Waals surface area contributed by atoms with Crippen LogP contribution in [0.25, 0.3) is 0 Å². The summed E-state index contributed by atoms with van der Waals surface area (Å²) in [5.41, 5.74) is 1.49. The first-order valence-electron chi connectivity index (χ1n) is 7.60. The van der Waals surface area contributed by atoms with E-state index in [4.69, 9.17) is 34.8 Å². The lowest BCUT2D eigenvalue weighted by atomic mass is 10.1. The summed E-state index contributed by atoms with van der Waals surface area (Å²) in [4.78, 5) is 25.5. The van der Waals surface area contributed by atoms with Crippen molar-refractivity contribution in [3.8, 4) is 0 Å². The van der Waals surface area contributed by atoms with Gasteiger partial charge < -0.3 is 10.2 Å². The van der Waals surface area contributed by atoms with Crippen LogP contribution >= 0.6 is 34.8 Å². The minimum Gasteiger partial charge on any atom is -0.333 e. The van der Waals surface area contributed by atoms with Gasteiger partial charge in [0.1, 0.15) is 0 Å². The molecule has 0 atom stereocenters. The van der Waals surface area contributed by atoms with E-state index in [1.54, 1.807) is 30.3 Å². The fourth-order valence-electron chi connectivity index (χ4n) is 2.22. The van der Waals surface area contributed by atoms with Crippen LogP contribution in [-0.4, -0.2) is 29.8 Å². The summed E-state index contributed by atoms with van der Waals surface area (Å²) in [7, 11) is 0. The Morgan fingerprint density at radius 1 is 1.00 bits per heavy atom. The molecule has 0 aromatic heterocycles. The van der Waals surface area contributed by atoms with Gasteiger partial charge in [-0.3, -0.25) is 9.59 Å². The normalized spacial score (nSPS) is 10.4. The average Bonchev–Trinajstić information content (AvgIpc) is 2.55. The Hall–Kier alpha value is -1.75. The van der Waals surface area contributed by atoms with Crippen LogP contribution in [0.2, 0.25) is 15.1 Å². The van der Waals surface area contributed by atoms with Crippen molar-refractivity contribution in [1.82, 2.24) is 4.90 Å². The first-order chi connectivity index (χ1) is 11.8. The fraction of sp³-hybridized carbons (Fsp3) is 0.222. The molecular weight excluding hydrogens is 383 g/mol. The van der Waals surface area contributed by atoms with Gasteiger partial charge in [-0.1, -0.05) is 46.9 Å². The molecule has 1 N–H and O–H groups in total. The van der Waals surface area contributed by atoms with E-state index in [0.717, 1.165) is 5.56 Å². The zero-order valence-corrected chi connectivity index (χ0v) is 15.8. The summed E-state index contributed by atoms with van der Waals surface area (Å²) in [6.45, 7) is 1.81. The van der Waals surface area contributed by atoms with Crippen LogP contribution in [0.4, 0.5) is 5.69 Å². The molecule has 0 bridgehead atoms. The Labute approximate surface area is 161 Å². The predicted octanol–water partition coefficient (Wildman–Crippen LogP) is 4.68. The highest BCUT2D eigenvalue weighted by Gasteiger charge is 2.15. The third kappa shape index (κ3) is 6.24. The van der Waals surface area contributed by atoms with Crippen LogP contribution in [0.15, 0.2) is 42.5 Å². The molecule has 7 heteroatoms. The van der Waals surface area contributed by atoms with Gasteiger partial charge in [0.2, 0.25) is 11.8 Å². The molecule has 0 spiro atoms. The van der Waals surface area contributed by atoms with E-state index in [0.29, 0.717) is 33.7 Å². The van der Waals surface area contributed by atoms with Crippen LogP contribution < -0.4 is 5.32 Å². The fourth-order valence-corrected chi connectivity index (χ4v) is 2.80. The van der Waals surface area contributed by atoms with E-state index in [-0.39, 0.29) is 18.4 Å². The number of nitrogens with one attached hydrogen (secondary N) is 1. The first-order valence-corrected chi connectivity index (χ1v) is 8.73. The highest BCUT2D eigenvalue weighted by molar-refractivity contribution is 6.36. The molecule has 2 amide bonds. The SMILES string of the molecule is CC(=O)N(CCc1ccc(Cl)cc1)CC(=O)Nc1ccc(Cl)cc1Cl. The molecule has 0 aliphatic heterocycles. The summed E-state index contributed by atoms with van der Waals surface area (Å²) in [5, 5.41) is 4.17. The lowest BCUT2D eigenvalue weighted by Crippen LogP contribution is -2.38. The lowest BCUT2D eigenvalue weighted by molar-refractivity contribution is -0.132. The second-order valence-corrected chi connectivity index (χ2v) is 6.77. The van der Waals surface area contributed by atoms with Gasteiger partial charge in [0.05, 0.1) is 17.3 Å². The van der Waals surface area contributed by atoms with Crippen molar-refractivity contribution in [3.05, 3.63) is 63.1 Å². The van der Waals surface area contributed by atoms with E-state index >= 15 is 0 Å². The van der Waals surface area contributed by atoms with Crippen molar-refractivity contribution in [2.24, 2.45) is 0 Å². The van der Waals surface area contributed by atoms with Crippen molar-refractivity contribution in [2.45, 2.75) is 13.3 Å². The number of nitrogens with zero attached hydrogens (tertiary/aromatic N) is 1. The predicted molar refractivity (Wildman–Crippen MR) is 103 cm³/mol. The number of rotatable bonds is 6. The molecule has 0 radical (unpaired) electrons. The van der Waals surface area contributed by atoms with Crippen molar-refractivity contribution in [2.75, 3.05) is 18.4 Å². The van der Waals surface area contributed by atoms with Crippen LogP contribution in [0.5, 0.6) is 0 Å². The van der Waals surface area contributed by atoms with Crippen LogP contribution in [0.1, 0.15) is 12.5 Å². The smallest absolute Gasteiger partial charge is 0.244 e. The Morgan fingerprint density at radius 2 is 1.64 bits per heavy atom. The summed E-state index contributed by atoms with van der Waals surface area (Å²) in [6, 6.07) is 12.2. The molecule has 132 valence electrons. The topological polar surface area (TPSA) is 49.4 Å². The van der Waals surface area contributed by atoms with Gasteiger partial charge in [0.15, 0.2) is 0 Å². The highest BCUT2D eigenvalue weighted by Crippen LogP contribution is 2.25. The van der Waals surface area contributed by atoms with Crippen molar-refractivity contribution < 1.29 is 9.59 Å². The number of anilines is 1. The molecule has 0 saturated carbocycles. The lowest BCUT2D eigenvalue weighted by Gasteiger charge is -2.21. The van der Waals surface area contributed by atoms with Crippen molar-refractivity contribution in [3.63, 3.8) is 0 Å². The monoisotopic (exact) mass is 398 g/mol. The molecule has 0 aliphatic carbocycles. The molecule has 0 fully saturated rings. The molecule has 0 heterocycles. The van der Waals surface area contributed by atoms with Gasteiger partial charge in [-0.25, -0.2) is 0 Å². The highest BCUT2D eigenvalue weighted by atomic mass is 35.5. The zero-order valence-electron chi connectivity index (χ0n) is 13.6. The molecule has 0 unspecified atom stereocenters. The van der Waals surface area contributed by atoms with Gasteiger partial charge in [0.25, 0.3) is 0 Å². The van der Waals surface area contributed by atoms with Crippen molar-refractivity contribution >= 4 is 52.3 Å². The largest absolute Gasteiger partial charge is 0.333 e. The Kier molecular flexibility index (Phi) is 7.12. The Bertz CT molecular complexity index is 763. The molecule has 0 saturated heterocycles. The van der Waals surface area contributed by atoms with Gasteiger partial charge in [-0.15, -0.1) is 0 Å². The quantitative estimate of drug-likeness (QED) is 0.767. The van der Waals surface area contributed by atoms with Gasteiger partial charge in [-0.2, -0.15) is 0 Å². The standard InChI is InChI=1S/C18H17Cl3N2O2/c1-12(24)23(9-8-13-2-4-14(19)5-3-13)11-18(25)22-17-7-6-15(20)10-16(17)21/h2-7,10H,8-9,11H2,1H3,(H,22,25). The maximum atomic E-state index is 12.2. The molecule has 2 aromatic rings. The molecule has 0 aliphatic rings. The summed E-state index contributed by atoms with van der Waals surface area (Å²) in [6.07, 6.45) is 0.631. The van der Waals surface area contributed by atoms with Crippen LogP contribution in [0, 0.1) is 0 Å². The first kappa shape index (κ1) is 19.6. The van der Waals surface area contributed by atoms with E-state index in [2.05, 4.69) is 5.32 Å². The number of carbonyl (C=O) groups excluding carboxylic acids is 2. The molecule has 25 heavy (non-hydrogen) atoms. The number of halogens is 3. The Morgan fingerprint density at radius 3 is 2.24 bits per heavy atom. The van der Waals surface area contributed by atoms with Gasteiger partial charge >= 0.3 is 0 Å². The summed E-state index contributed by atoms with van der Waals surface area (Å²) >= 11 is 17.7. The van der Waals surface area contributed by atoms with E-state index in [1.165, 1.54) is 11.8 Å². The van der Waals surface area contributed by atoms with E-state index in [9.17, 15) is 9.59 Å². The second kappa shape index (κ2) is 9.09. The average molecular weight is 400 g/mol. The van der Waals surface area contributed by atoms with Gasteiger partial charge in [-0.05, 0) is 42.3 Å². The third-order valence-corrected chi connectivity index (χ3v) is 4.37.